The minimum Gasteiger partial charge on any atom is -0.394 e. The van der Waals surface area contributed by atoms with Gasteiger partial charge in [-0.3, -0.25) is 32.8 Å². The van der Waals surface area contributed by atoms with Gasteiger partial charge in [-0.25, -0.2) is 23.9 Å². The van der Waals surface area contributed by atoms with E-state index < -0.39 is 81.3 Å². The molecule has 0 saturated carbocycles. The Hall–Kier alpha value is -3.66. The molecule has 4 aromatic rings. The molecular formula is C20H23FN9O11P. The molecule has 20 nitrogen and oxygen atoms in total. The smallest absolute Gasteiger partial charge is 0.394 e. The minimum absolute atomic E-state index is 0.183. The molecule has 2 aliphatic heterocycles. The van der Waals surface area contributed by atoms with E-state index in [1.807, 2.05) is 0 Å². The van der Waals surface area contributed by atoms with Gasteiger partial charge in [0.2, 0.25) is 17.5 Å². The van der Waals surface area contributed by atoms with Crippen molar-refractivity contribution < 1.29 is 47.7 Å². The second-order valence-corrected chi connectivity index (χ2v) is 10.9. The number of ether oxygens (including phenoxy) is 2. The number of nitrogens with one attached hydrogen (secondary N) is 2. The first kappa shape index (κ1) is 28.5. The summed E-state index contributed by atoms with van der Waals surface area (Å²) < 4.78 is 52.0. The zero-order chi connectivity index (χ0) is 30.0. The molecule has 8 N–H and O–H groups in total. The number of nitrogens with two attached hydrogens (primary N) is 1. The summed E-state index contributed by atoms with van der Waals surface area (Å²) in [6.45, 7) is -3.04. The molecule has 42 heavy (non-hydrogen) atoms. The number of alkyl halides is 1. The van der Waals surface area contributed by atoms with Crippen LogP contribution in [0.15, 0.2) is 28.6 Å². The van der Waals surface area contributed by atoms with E-state index in [-0.39, 0.29) is 28.3 Å². The summed E-state index contributed by atoms with van der Waals surface area (Å²) in [4.78, 5) is 55.0. The van der Waals surface area contributed by atoms with Gasteiger partial charge in [0.15, 0.2) is 22.3 Å². The molecule has 0 radical (unpaired) electrons. The maximum atomic E-state index is 16.0. The fraction of sp³-hybridized carbons (Fsp3) is 0.500. The van der Waals surface area contributed by atoms with E-state index >= 15 is 4.39 Å². The topological polar surface area (TPSA) is 288 Å². The number of phosphoric ester groups is 1. The lowest BCUT2D eigenvalue weighted by atomic mass is 10.1. The molecule has 4 aromatic heterocycles. The monoisotopic (exact) mass is 615 g/mol. The molecule has 22 heteroatoms. The number of phosphoric acid groups is 1. The molecular weight excluding hydrogens is 592 g/mol. The predicted molar refractivity (Wildman–Crippen MR) is 133 cm³/mol. The van der Waals surface area contributed by atoms with Crippen LogP contribution in [0, 0.1) is 0 Å². The SMILES string of the molecule is Nc1nc2c(ncn2[C@@]2(OP(=O)(O)OC[C@H]3OC[C@@](F)(n4cnc5c(=O)[nH]cnc54)[C@@H]3O)CO[C@H](CO)[C@H]2O)c(=O)[nH]1. The van der Waals surface area contributed by atoms with E-state index in [0.29, 0.717) is 0 Å². The van der Waals surface area contributed by atoms with Crippen molar-refractivity contribution in [3.63, 3.8) is 0 Å². The van der Waals surface area contributed by atoms with E-state index in [2.05, 4.69) is 29.9 Å². The number of nitrogens with zero attached hydrogens (tertiary/aromatic N) is 6. The number of H-pyrrole nitrogens is 2. The average molecular weight is 615 g/mol. The fourth-order valence-electron chi connectivity index (χ4n) is 4.93. The van der Waals surface area contributed by atoms with Crippen LogP contribution < -0.4 is 16.9 Å². The zero-order valence-electron chi connectivity index (χ0n) is 21.1. The van der Waals surface area contributed by atoms with Crippen molar-refractivity contribution in [2.24, 2.45) is 0 Å². The number of aliphatic hydroxyl groups is 3. The van der Waals surface area contributed by atoms with Crippen molar-refractivity contribution in [2.45, 2.75) is 35.9 Å². The highest BCUT2D eigenvalue weighted by Gasteiger charge is 2.57. The number of hydrogen-bond acceptors (Lipinski definition) is 15. The number of aromatic nitrogens is 8. The Labute approximate surface area is 231 Å². The van der Waals surface area contributed by atoms with Crippen LogP contribution in [0.25, 0.3) is 22.3 Å². The number of nitrogen functional groups attached to an aromatic ring is 1. The number of hydrogen-bond donors (Lipinski definition) is 7. The van der Waals surface area contributed by atoms with Crippen LogP contribution in [-0.4, -0.2) is 110 Å². The molecule has 0 aliphatic carbocycles. The molecule has 2 fully saturated rings. The number of halogens is 1. The van der Waals surface area contributed by atoms with Crippen LogP contribution in [0.1, 0.15) is 0 Å². The van der Waals surface area contributed by atoms with Gasteiger partial charge < -0.3 is 40.4 Å². The summed E-state index contributed by atoms with van der Waals surface area (Å²) in [6, 6.07) is 0. The van der Waals surface area contributed by atoms with Crippen molar-refractivity contribution in [1.29, 1.82) is 0 Å². The predicted octanol–water partition coefficient (Wildman–Crippen LogP) is -3.24. The largest absolute Gasteiger partial charge is 0.474 e. The molecule has 0 aromatic carbocycles. The lowest BCUT2D eigenvalue weighted by molar-refractivity contribution is -0.109. The molecule has 0 amide bonds. The van der Waals surface area contributed by atoms with E-state index in [4.69, 9.17) is 24.3 Å². The van der Waals surface area contributed by atoms with Gasteiger partial charge in [0.05, 0.1) is 32.5 Å². The van der Waals surface area contributed by atoms with Crippen LogP contribution in [0.4, 0.5) is 10.3 Å². The highest BCUT2D eigenvalue weighted by molar-refractivity contribution is 7.47. The summed E-state index contributed by atoms with van der Waals surface area (Å²) in [5, 5.41) is 31.4. The van der Waals surface area contributed by atoms with Gasteiger partial charge in [0.1, 0.15) is 37.4 Å². The fourth-order valence-corrected chi connectivity index (χ4v) is 5.97. The summed E-state index contributed by atoms with van der Waals surface area (Å²) in [7, 11) is -5.26. The van der Waals surface area contributed by atoms with Gasteiger partial charge in [-0.2, -0.15) is 4.98 Å². The van der Waals surface area contributed by atoms with Crippen LogP contribution in [0.5, 0.6) is 0 Å². The molecule has 2 aliphatic rings. The van der Waals surface area contributed by atoms with Crippen molar-refractivity contribution >= 4 is 36.1 Å². The number of imidazole rings is 2. The minimum atomic E-state index is -5.26. The lowest BCUT2D eigenvalue weighted by Crippen LogP contribution is -2.49. The van der Waals surface area contributed by atoms with E-state index in [9.17, 15) is 34.4 Å². The number of aromatic amines is 2. The molecule has 0 spiro atoms. The summed E-state index contributed by atoms with van der Waals surface area (Å²) in [5.74, 6) is -3.03. The molecule has 226 valence electrons. The number of aliphatic hydroxyl groups excluding tert-OH is 3. The Morgan fingerprint density at radius 1 is 1.07 bits per heavy atom. The van der Waals surface area contributed by atoms with E-state index in [1.165, 1.54) is 0 Å². The van der Waals surface area contributed by atoms with Crippen molar-refractivity contribution in [2.75, 3.05) is 32.2 Å². The second-order valence-electron chi connectivity index (χ2n) is 9.55. The van der Waals surface area contributed by atoms with Crippen LogP contribution in [-0.2, 0) is 34.6 Å². The van der Waals surface area contributed by atoms with E-state index in [0.717, 1.165) is 28.1 Å². The summed E-state index contributed by atoms with van der Waals surface area (Å²) >= 11 is 0. The van der Waals surface area contributed by atoms with Gasteiger partial charge in [-0.05, 0) is 0 Å². The first-order valence-corrected chi connectivity index (χ1v) is 13.6. The van der Waals surface area contributed by atoms with Crippen LogP contribution in [0.2, 0.25) is 0 Å². The van der Waals surface area contributed by atoms with Gasteiger partial charge >= 0.3 is 7.82 Å². The maximum absolute atomic E-state index is 16.0. The second kappa shape index (κ2) is 9.97. The number of anilines is 1. The summed E-state index contributed by atoms with van der Waals surface area (Å²) in [5.41, 5.74) is 1.02. The third-order valence-corrected chi connectivity index (χ3v) is 8.07. The standard InChI is InChI=1S/C20H23FN9O11P/c21-19(29-6-25-10-14(29)23-5-24-16(10)34)3-38-9(12(19)32)2-40-42(36,37)41-20(4-39-8(1-31)13(20)33)30-7-26-11-15(30)27-18(22)28-17(11)35/h5-9,12-13,31-33H,1-4H2,(H,36,37)(H,23,24,34)(H3,22,27,28,35)/t8-,9-,12-,13-,19-,20-/m1/s1. The van der Waals surface area contributed by atoms with Gasteiger partial charge in [-0.1, -0.05) is 0 Å². The molecule has 2 saturated heterocycles. The molecule has 0 bridgehead atoms. The zero-order valence-corrected chi connectivity index (χ0v) is 22.0. The van der Waals surface area contributed by atoms with E-state index in [1.54, 1.807) is 0 Å². The molecule has 6 heterocycles. The Morgan fingerprint density at radius 3 is 2.48 bits per heavy atom. The lowest BCUT2D eigenvalue weighted by Gasteiger charge is -2.34. The molecule has 7 atom stereocenters. The summed E-state index contributed by atoms with van der Waals surface area (Å²) in [6.07, 6.45) is -3.71. The van der Waals surface area contributed by atoms with Crippen molar-refractivity contribution in [3.8, 4) is 0 Å². The number of fused-ring (bicyclic) bond motifs is 2. The third-order valence-electron chi connectivity index (χ3n) is 7.05. The average Bonchev–Trinajstić information content (AvgIpc) is 3.70. The molecule has 6 rings (SSSR count). The van der Waals surface area contributed by atoms with Crippen molar-refractivity contribution in [3.05, 3.63) is 39.7 Å². The molecule has 1 unspecified atom stereocenters. The van der Waals surface area contributed by atoms with Crippen LogP contribution in [0.3, 0.4) is 0 Å². The Balaban J connectivity index is 1.26. The van der Waals surface area contributed by atoms with Crippen LogP contribution >= 0.6 is 7.82 Å². The Morgan fingerprint density at radius 2 is 1.76 bits per heavy atom. The third kappa shape index (κ3) is 4.33. The number of rotatable bonds is 8. The Kier molecular flexibility index (Phi) is 6.75. The Bertz CT molecular complexity index is 1830. The maximum Gasteiger partial charge on any atom is 0.474 e. The first-order chi connectivity index (χ1) is 19.9. The quantitative estimate of drug-likeness (QED) is 0.0958. The highest BCUT2D eigenvalue weighted by atomic mass is 31.2. The van der Waals surface area contributed by atoms with Crippen molar-refractivity contribution in [1.82, 2.24) is 39.0 Å². The normalized spacial score (nSPS) is 31.3. The highest BCUT2D eigenvalue weighted by Crippen LogP contribution is 2.53. The first-order valence-electron chi connectivity index (χ1n) is 12.1. The van der Waals surface area contributed by atoms with Gasteiger partial charge in [-0.15, -0.1) is 0 Å². The van der Waals surface area contributed by atoms with Gasteiger partial charge in [0.25, 0.3) is 11.1 Å². The van der Waals surface area contributed by atoms with Gasteiger partial charge in [0, 0.05) is 0 Å².